The highest BCUT2D eigenvalue weighted by molar-refractivity contribution is 6.02. The molecule has 1 atom stereocenters. The predicted octanol–water partition coefficient (Wildman–Crippen LogP) is 3.05. The van der Waals surface area contributed by atoms with Crippen LogP contribution < -0.4 is 15.8 Å². The van der Waals surface area contributed by atoms with E-state index in [2.05, 4.69) is 25.0 Å². The van der Waals surface area contributed by atoms with Crippen LogP contribution in [0.1, 0.15) is 23.0 Å². The number of nitrogens with one attached hydrogen (secondary N) is 1. The molecule has 1 aliphatic heterocycles. The number of benzene rings is 1. The Labute approximate surface area is 182 Å². The molecule has 2 aromatic rings. The molecular formula is C19H17F6N5O3. The summed E-state index contributed by atoms with van der Waals surface area (Å²) in [5.74, 6) is -6.46. The Kier molecular flexibility index (Phi) is 6.49. The molecule has 0 spiro atoms. The number of aliphatic imine (C=N–C) groups is 1. The van der Waals surface area contributed by atoms with Crippen LogP contribution in [0, 0.1) is 5.82 Å². The first kappa shape index (κ1) is 24.2. The molecule has 0 bridgehead atoms. The molecule has 1 aliphatic rings. The molecule has 1 unspecified atom stereocenters. The van der Waals surface area contributed by atoms with Gasteiger partial charge < -0.3 is 20.5 Å². The Bertz CT molecular complexity index is 1080. The minimum absolute atomic E-state index is 0.115. The number of halogens is 6. The number of alkyl halides is 5. The maximum absolute atomic E-state index is 14.8. The second-order valence-corrected chi connectivity index (χ2v) is 7.17. The van der Waals surface area contributed by atoms with Gasteiger partial charge in [-0.3, -0.25) is 14.8 Å². The number of anilines is 1. The summed E-state index contributed by atoms with van der Waals surface area (Å²) in [7, 11) is 0. The topological polar surface area (TPSA) is 112 Å². The highest BCUT2D eigenvalue weighted by atomic mass is 19.4. The van der Waals surface area contributed by atoms with Crippen molar-refractivity contribution in [1.82, 2.24) is 9.97 Å². The lowest BCUT2D eigenvalue weighted by Crippen LogP contribution is -2.45. The van der Waals surface area contributed by atoms with Crippen molar-refractivity contribution in [2.75, 3.05) is 25.1 Å². The number of amidine groups is 1. The van der Waals surface area contributed by atoms with Gasteiger partial charge in [-0.15, -0.1) is 0 Å². The molecule has 2 heterocycles. The summed E-state index contributed by atoms with van der Waals surface area (Å²) in [4.78, 5) is 23.4. The third kappa shape index (κ3) is 5.50. The summed E-state index contributed by atoms with van der Waals surface area (Å²) in [5, 5.41) is 2.29. The fourth-order valence-corrected chi connectivity index (χ4v) is 2.94. The lowest BCUT2D eigenvalue weighted by atomic mass is 9.85. The standard InChI is InChI=1S/C19H17F6N5O3/c1-17(18(21,22)8-32-7-14(26)30-17)11-4-10(2-3-12(11)20)28-16(31)13-5-27-6-15(29-13)33-9-19(23,24)25/h2-6H,7-9H2,1H3,(H2,26,30)(H,28,31). The Morgan fingerprint density at radius 3 is 2.73 bits per heavy atom. The molecule has 0 saturated heterocycles. The fraction of sp³-hybridized carbons (Fsp3) is 0.368. The molecule has 14 heteroatoms. The number of rotatable bonds is 5. The number of amides is 1. The molecular weight excluding hydrogens is 460 g/mol. The van der Waals surface area contributed by atoms with Gasteiger partial charge >= 0.3 is 6.18 Å². The highest BCUT2D eigenvalue weighted by Crippen LogP contribution is 2.44. The normalized spacial score (nSPS) is 20.5. The lowest BCUT2D eigenvalue weighted by molar-refractivity contribution is -0.154. The van der Waals surface area contributed by atoms with Gasteiger partial charge in [-0.2, -0.15) is 13.2 Å². The van der Waals surface area contributed by atoms with Gasteiger partial charge in [-0.25, -0.2) is 18.2 Å². The van der Waals surface area contributed by atoms with E-state index in [1.54, 1.807) is 0 Å². The monoisotopic (exact) mass is 477 g/mol. The molecule has 3 rings (SSSR count). The van der Waals surface area contributed by atoms with Crippen molar-refractivity contribution < 1.29 is 40.6 Å². The zero-order valence-corrected chi connectivity index (χ0v) is 16.9. The molecule has 3 N–H and O–H groups in total. The quantitative estimate of drug-likeness (QED) is 0.641. The first-order valence-electron chi connectivity index (χ1n) is 9.23. The summed E-state index contributed by atoms with van der Waals surface area (Å²) >= 11 is 0. The van der Waals surface area contributed by atoms with Crippen LogP contribution >= 0.6 is 0 Å². The van der Waals surface area contributed by atoms with E-state index in [9.17, 15) is 31.1 Å². The van der Waals surface area contributed by atoms with Crippen molar-refractivity contribution >= 4 is 17.4 Å². The van der Waals surface area contributed by atoms with E-state index < -0.39 is 59.7 Å². The average Bonchev–Trinajstić information content (AvgIpc) is 2.82. The molecule has 1 aromatic carbocycles. The molecule has 1 amide bonds. The number of nitrogens with zero attached hydrogens (tertiary/aromatic N) is 3. The minimum Gasteiger partial charge on any atom is -0.467 e. The van der Waals surface area contributed by atoms with Gasteiger partial charge in [0.25, 0.3) is 11.8 Å². The van der Waals surface area contributed by atoms with Gasteiger partial charge in [0, 0.05) is 11.3 Å². The van der Waals surface area contributed by atoms with Crippen molar-refractivity contribution in [3.63, 3.8) is 0 Å². The number of carbonyl (C=O) groups excluding carboxylic acids is 1. The molecule has 0 saturated carbocycles. The van der Waals surface area contributed by atoms with Gasteiger partial charge in [-0.05, 0) is 25.1 Å². The number of carbonyl (C=O) groups is 1. The number of nitrogens with two attached hydrogens (primary N) is 1. The van der Waals surface area contributed by atoms with Crippen molar-refractivity contribution in [3.8, 4) is 5.88 Å². The average molecular weight is 477 g/mol. The number of aromatic nitrogens is 2. The Morgan fingerprint density at radius 1 is 1.30 bits per heavy atom. The molecule has 0 radical (unpaired) electrons. The van der Waals surface area contributed by atoms with E-state index in [1.165, 1.54) is 0 Å². The summed E-state index contributed by atoms with van der Waals surface area (Å²) < 4.78 is 90.2. The second-order valence-electron chi connectivity index (χ2n) is 7.17. The SMILES string of the molecule is CC1(c2cc(NC(=O)c3cncc(OCC(F)(F)F)n3)ccc2F)N=C(N)COCC1(F)F. The number of hydrogen-bond donors (Lipinski definition) is 2. The summed E-state index contributed by atoms with van der Waals surface area (Å²) in [6.45, 7) is -2.10. The van der Waals surface area contributed by atoms with Crippen molar-refractivity contribution in [1.29, 1.82) is 0 Å². The Hall–Kier alpha value is -3.42. The number of ether oxygens (including phenoxy) is 2. The van der Waals surface area contributed by atoms with Gasteiger partial charge in [0.1, 0.15) is 24.9 Å². The molecule has 8 nitrogen and oxygen atoms in total. The van der Waals surface area contributed by atoms with Gasteiger partial charge in [0.15, 0.2) is 17.8 Å². The van der Waals surface area contributed by atoms with Gasteiger partial charge in [-0.1, -0.05) is 0 Å². The molecule has 0 fully saturated rings. The van der Waals surface area contributed by atoms with E-state index in [0.717, 1.165) is 37.5 Å². The smallest absolute Gasteiger partial charge is 0.422 e. The van der Waals surface area contributed by atoms with E-state index in [-0.39, 0.29) is 18.1 Å². The molecule has 178 valence electrons. The molecule has 0 aliphatic carbocycles. The van der Waals surface area contributed by atoms with Crippen LogP contribution in [0.3, 0.4) is 0 Å². The van der Waals surface area contributed by atoms with Gasteiger partial charge in [0.05, 0.1) is 12.4 Å². The lowest BCUT2D eigenvalue weighted by Gasteiger charge is -2.33. The van der Waals surface area contributed by atoms with Crippen LogP contribution in [0.2, 0.25) is 0 Å². The van der Waals surface area contributed by atoms with Crippen LogP contribution in [0.15, 0.2) is 35.6 Å². The van der Waals surface area contributed by atoms with Crippen LogP contribution in [0.25, 0.3) is 0 Å². The van der Waals surface area contributed by atoms with Crippen molar-refractivity contribution in [2.45, 2.75) is 24.6 Å². The predicted molar refractivity (Wildman–Crippen MR) is 103 cm³/mol. The van der Waals surface area contributed by atoms with Crippen LogP contribution in [-0.4, -0.2) is 53.6 Å². The van der Waals surface area contributed by atoms with E-state index in [4.69, 9.17) is 10.5 Å². The van der Waals surface area contributed by atoms with E-state index >= 15 is 0 Å². The Morgan fingerprint density at radius 2 is 2.03 bits per heavy atom. The highest BCUT2D eigenvalue weighted by Gasteiger charge is 2.54. The first-order chi connectivity index (χ1) is 15.3. The van der Waals surface area contributed by atoms with Crippen LogP contribution in [0.5, 0.6) is 5.88 Å². The van der Waals surface area contributed by atoms with Crippen LogP contribution in [0.4, 0.5) is 32.0 Å². The fourth-order valence-electron chi connectivity index (χ4n) is 2.94. The van der Waals surface area contributed by atoms with Gasteiger partial charge in [0.2, 0.25) is 5.88 Å². The van der Waals surface area contributed by atoms with E-state index in [1.807, 2.05) is 0 Å². The van der Waals surface area contributed by atoms with Crippen molar-refractivity contribution in [2.24, 2.45) is 10.7 Å². The molecule has 33 heavy (non-hydrogen) atoms. The zero-order valence-electron chi connectivity index (χ0n) is 16.9. The first-order valence-corrected chi connectivity index (χ1v) is 9.23. The number of hydrogen-bond acceptors (Lipinski definition) is 7. The summed E-state index contributed by atoms with van der Waals surface area (Å²) in [6.07, 6.45) is -2.81. The summed E-state index contributed by atoms with van der Waals surface area (Å²) in [5.41, 5.74) is 2.03. The Balaban J connectivity index is 1.87. The second kappa shape index (κ2) is 8.84. The van der Waals surface area contributed by atoms with Crippen molar-refractivity contribution in [3.05, 3.63) is 47.7 Å². The maximum atomic E-state index is 14.8. The largest absolute Gasteiger partial charge is 0.467 e. The summed E-state index contributed by atoms with van der Waals surface area (Å²) in [6, 6.07) is 2.88. The minimum atomic E-state index is -4.63. The maximum Gasteiger partial charge on any atom is 0.422 e. The third-order valence-electron chi connectivity index (χ3n) is 4.59. The third-order valence-corrected chi connectivity index (χ3v) is 4.59. The van der Waals surface area contributed by atoms with E-state index in [0.29, 0.717) is 0 Å². The molecule has 1 aromatic heterocycles. The zero-order chi connectivity index (χ0) is 24.4. The van der Waals surface area contributed by atoms with Crippen LogP contribution in [-0.2, 0) is 10.3 Å².